The van der Waals surface area contributed by atoms with Gasteiger partial charge in [-0.05, 0) is 56.8 Å². The Morgan fingerprint density at radius 3 is 0.986 bits per heavy atom. The molecule has 0 aromatic heterocycles. The van der Waals surface area contributed by atoms with E-state index in [-0.39, 0.29) is 57.5 Å². The SMILES string of the molecule is CC(C)(C)c1[c-]c2c(cc1)-c1ccc(C(C)(C)C)cc1C2.CC(C)(C)c1[c-]c2c(cc1)-c1ccc(C(C)(C)C)cc1C2.CCC1=[C-]CC=C1CC.CCC1=[C-]CC=C1CC.C[Si](C)=[Hf+2].C[Si](C)=[Hf+2].[Cl-].[Cl-]. The molecule has 8 rings (SSSR count). The number of halogens is 2. The van der Waals surface area contributed by atoms with Gasteiger partial charge in [0.2, 0.25) is 0 Å². The van der Waals surface area contributed by atoms with Crippen molar-refractivity contribution in [3.05, 3.63) is 164 Å². The minimum Gasteiger partial charge on any atom is -1.00 e. The van der Waals surface area contributed by atoms with Gasteiger partial charge in [-0.2, -0.15) is 70.8 Å². The summed E-state index contributed by atoms with van der Waals surface area (Å²) in [4.78, 5) is 0. The van der Waals surface area contributed by atoms with E-state index in [0.717, 1.165) is 38.5 Å². The van der Waals surface area contributed by atoms with Crippen LogP contribution in [0.25, 0.3) is 22.3 Å². The van der Waals surface area contributed by atoms with E-state index in [1.807, 2.05) is 0 Å². The first kappa shape index (κ1) is 66.6. The van der Waals surface area contributed by atoms with Crippen molar-refractivity contribution in [2.75, 3.05) is 0 Å². The van der Waals surface area contributed by atoms with E-state index in [2.05, 4.69) is 234 Å². The van der Waals surface area contributed by atoms with E-state index in [4.69, 9.17) is 0 Å². The average molecular weight is 1340 g/mol. The summed E-state index contributed by atoms with van der Waals surface area (Å²) in [5.74, 6) is 0. The van der Waals surface area contributed by atoms with Crippen molar-refractivity contribution in [3.63, 3.8) is 0 Å². The first-order chi connectivity index (χ1) is 31.5. The minimum absolute atomic E-state index is 0. The van der Waals surface area contributed by atoms with Crippen LogP contribution in [0.1, 0.15) is 194 Å². The van der Waals surface area contributed by atoms with Gasteiger partial charge in [-0.15, -0.1) is 35.1 Å². The van der Waals surface area contributed by atoms with Crippen LogP contribution in [0.15, 0.2) is 95.1 Å². The minimum atomic E-state index is 0. The summed E-state index contributed by atoms with van der Waals surface area (Å²) < 4.78 is 0. The van der Waals surface area contributed by atoms with Crippen molar-refractivity contribution in [2.24, 2.45) is 0 Å². The number of allylic oxidation sites excluding steroid dienone is 8. The zero-order chi connectivity index (χ0) is 51.4. The van der Waals surface area contributed by atoms with Crippen LogP contribution in [0.2, 0.25) is 26.2 Å². The predicted octanol–water partition coefficient (Wildman–Crippen LogP) is 12.6. The van der Waals surface area contributed by atoms with Gasteiger partial charge in [0.1, 0.15) is 0 Å². The van der Waals surface area contributed by atoms with Crippen LogP contribution in [-0.2, 0) is 80.5 Å². The molecule has 6 heteroatoms. The topological polar surface area (TPSA) is 0 Å². The molecular weight excluding hydrogens is 1250 g/mol. The predicted molar refractivity (Wildman–Crippen MR) is 297 cm³/mol. The molecule has 4 aliphatic carbocycles. The maximum absolute atomic E-state index is 3.67. The second-order valence-corrected chi connectivity index (χ2v) is 48.8. The summed E-state index contributed by atoms with van der Waals surface area (Å²) in [7, 11) is 0. The summed E-state index contributed by atoms with van der Waals surface area (Å²) in [6.07, 6.45) is 20.0. The largest absolute Gasteiger partial charge is 1.00 e. The van der Waals surface area contributed by atoms with Gasteiger partial charge in [-0.3, -0.25) is 12.2 Å². The smallest absolute Gasteiger partial charge is 1.00 e. The van der Waals surface area contributed by atoms with Gasteiger partial charge in [0.15, 0.2) is 0 Å². The molecule has 0 radical (unpaired) electrons. The number of hydrogen-bond donors (Lipinski definition) is 0. The van der Waals surface area contributed by atoms with Gasteiger partial charge >= 0.3 is 83.2 Å². The fourth-order valence-corrected chi connectivity index (χ4v) is 8.54. The molecule has 0 spiro atoms. The summed E-state index contributed by atoms with van der Waals surface area (Å²) in [5, 5.41) is 0. The third-order valence-electron chi connectivity index (χ3n) is 12.5. The Balaban J connectivity index is 0.000000464. The third kappa shape index (κ3) is 20.4. The fourth-order valence-electron chi connectivity index (χ4n) is 8.54. The van der Waals surface area contributed by atoms with Crippen molar-refractivity contribution in [1.29, 1.82) is 0 Å². The van der Waals surface area contributed by atoms with Crippen molar-refractivity contribution in [1.82, 2.24) is 0 Å². The van der Waals surface area contributed by atoms with Crippen LogP contribution < -0.4 is 24.8 Å². The standard InChI is InChI=1S/2C21H25.2C9H13.2C2H6Si.2ClH.2Hf/c2*1-20(2,3)16-7-9-18-14(12-16)11-15-13-17(21(4,5)6)8-10-19(15)18;2*1-3-8-6-5-7-9(8)4-2;2*1-3-2;;;;/h2*7-10,12H,11H2,1-6H3;2*6H,3-5H2,1-2H3;2*1-2H3;2*1H;;/q4*-1;;;;;2*+2/p-2. The van der Waals surface area contributed by atoms with Crippen LogP contribution in [-0.4, -0.2) is 11.0 Å². The molecule has 70 heavy (non-hydrogen) atoms. The molecule has 0 heterocycles. The molecule has 4 aliphatic rings. The Morgan fingerprint density at radius 1 is 0.443 bits per heavy atom. The molecule has 0 bridgehead atoms. The number of hydrogen-bond acceptors (Lipinski definition) is 0. The summed E-state index contributed by atoms with van der Waals surface area (Å²) in [6.45, 7) is 45.3. The molecule has 0 saturated heterocycles. The molecule has 376 valence electrons. The quantitative estimate of drug-likeness (QED) is 0.122. The number of fused-ring (bicyclic) bond motifs is 6. The Labute approximate surface area is 473 Å². The maximum Gasteiger partial charge on any atom is -1.00 e. The summed E-state index contributed by atoms with van der Waals surface area (Å²) >= 11 is 2.90. The van der Waals surface area contributed by atoms with Crippen molar-refractivity contribution in [3.8, 4) is 22.3 Å². The normalized spacial score (nSPS) is 13.7. The summed E-state index contributed by atoms with van der Waals surface area (Å²) in [6, 6.07) is 30.3. The molecule has 0 saturated carbocycles. The molecular formula is C64H88Cl2Hf2Si2-2. The molecule has 4 aromatic carbocycles. The zero-order valence-electron chi connectivity index (χ0n) is 47.3. The molecule has 0 amide bonds. The van der Waals surface area contributed by atoms with E-state index in [9.17, 15) is 0 Å². The molecule has 0 aliphatic heterocycles. The van der Waals surface area contributed by atoms with Crippen LogP contribution in [0, 0.1) is 24.3 Å². The third-order valence-corrected chi connectivity index (χ3v) is 12.5. The molecule has 4 aromatic rings. The van der Waals surface area contributed by atoms with E-state index < -0.39 is 0 Å². The van der Waals surface area contributed by atoms with Crippen LogP contribution >= 0.6 is 0 Å². The molecule has 0 fully saturated rings. The number of benzene rings is 4. The van der Waals surface area contributed by atoms with Crippen molar-refractivity contribution < 1.29 is 70.8 Å². The van der Waals surface area contributed by atoms with Gasteiger partial charge in [-0.25, -0.2) is 11.1 Å². The zero-order valence-corrected chi connectivity index (χ0v) is 58.0. The number of rotatable bonds is 4. The maximum atomic E-state index is 3.67. The Bertz CT molecular complexity index is 2160. The van der Waals surface area contributed by atoms with E-state index >= 15 is 0 Å². The molecule has 0 atom stereocenters. The van der Waals surface area contributed by atoms with Gasteiger partial charge in [-0.1, -0.05) is 184 Å². The second kappa shape index (κ2) is 29.6. The average Bonchev–Trinajstić information content (AvgIpc) is 4.06. The van der Waals surface area contributed by atoms with E-state index in [1.165, 1.54) is 148 Å². The van der Waals surface area contributed by atoms with E-state index in [0.29, 0.717) is 0 Å². The second-order valence-electron chi connectivity index (χ2n) is 23.2. The van der Waals surface area contributed by atoms with Crippen LogP contribution in [0.5, 0.6) is 0 Å². The van der Waals surface area contributed by atoms with Gasteiger partial charge < -0.3 is 24.8 Å². The van der Waals surface area contributed by atoms with Gasteiger partial charge in [0.25, 0.3) is 0 Å². The Morgan fingerprint density at radius 2 is 0.743 bits per heavy atom. The fraction of sp³-hybridized carbons (Fsp3) is 0.500. The molecule has 0 unspecified atom stereocenters. The first-order valence-electron chi connectivity index (χ1n) is 25.6. The summed E-state index contributed by atoms with van der Waals surface area (Å²) in [5.41, 5.74) is 23.8. The van der Waals surface area contributed by atoms with Crippen molar-refractivity contribution >= 4 is 11.0 Å². The Kier molecular flexibility index (Phi) is 28.2. The molecule has 0 N–H and O–H groups in total. The van der Waals surface area contributed by atoms with Gasteiger partial charge in [0, 0.05) is 0 Å². The molecule has 0 nitrogen and oxygen atoms in total. The van der Waals surface area contributed by atoms with Crippen LogP contribution in [0.3, 0.4) is 0 Å². The van der Waals surface area contributed by atoms with Gasteiger partial charge in [0.05, 0.1) is 0 Å². The van der Waals surface area contributed by atoms with Crippen molar-refractivity contribution in [2.45, 2.75) is 210 Å². The van der Waals surface area contributed by atoms with E-state index in [1.54, 1.807) is 0 Å². The van der Waals surface area contributed by atoms with Crippen LogP contribution in [0.4, 0.5) is 0 Å². The first-order valence-corrected chi connectivity index (χ1v) is 41.3. The monoisotopic (exact) mass is 1340 g/mol. The Hall–Kier alpha value is -1.41.